The van der Waals surface area contributed by atoms with Crippen molar-refractivity contribution in [2.75, 3.05) is 0 Å². The number of aryl methyl sites for hydroxylation is 2. The van der Waals surface area contributed by atoms with Crippen molar-refractivity contribution >= 4 is 27.8 Å². The van der Waals surface area contributed by atoms with Gasteiger partial charge in [-0.3, -0.25) is 9.59 Å². The number of carboxylic acids is 1. The molecule has 1 atom stereocenters. The van der Waals surface area contributed by atoms with Gasteiger partial charge < -0.3 is 10.4 Å². The van der Waals surface area contributed by atoms with Gasteiger partial charge >= 0.3 is 5.97 Å². The fourth-order valence-electron chi connectivity index (χ4n) is 1.64. The van der Waals surface area contributed by atoms with Crippen LogP contribution in [-0.4, -0.2) is 23.0 Å². The maximum Gasteiger partial charge on any atom is 0.305 e. The number of carbonyl (C=O) groups excluding carboxylic acids is 1. The standard InChI is InChI=1S/C13H16BrNO3/c1-7-5-11(14)8(2)4-10(7)13(18)15-9(3)6-12(16)17/h4-5,9H,6H2,1-3H3,(H,15,18)(H,16,17). The molecule has 1 rings (SSSR count). The van der Waals surface area contributed by atoms with Crippen LogP contribution >= 0.6 is 15.9 Å². The predicted octanol–water partition coefficient (Wildman–Crippen LogP) is 2.66. The third-order valence-electron chi connectivity index (χ3n) is 2.61. The second-order valence-electron chi connectivity index (χ2n) is 4.39. The molecule has 98 valence electrons. The quantitative estimate of drug-likeness (QED) is 0.898. The Morgan fingerprint density at radius 2 is 1.94 bits per heavy atom. The van der Waals surface area contributed by atoms with Crippen LogP contribution in [0.25, 0.3) is 0 Å². The second kappa shape index (κ2) is 6.00. The largest absolute Gasteiger partial charge is 0.481 e. The molecule has 0 bridgehead atoms. The van der Waals surface area contributed by atoms with E-state index in [4.69, 9.17) is 5.11 Å². The van der Waals surface area contributed by atoms with Crippen molar-refractivity contribution in [1.82, 2.24) is 5.32 Å². The summed E-state index contributed by atoms with van der Waals surface area (Å²) in [5.41, 5.74) is 2.40. The van der Waals surface area contributed by atoms with Crippen molar-refractivity contribution in [1.29, 1.82) is 0 Å². The molecule has 0 aliphatic rings. The molecule has 1 aromatic rings. The molecule has 0 saturated carbocycles. The number of benzene rings is 1. The molecular formula is C13H16BrNO3. The molecule has 0 spiro atoms. The summed E-state index contributed by atoms with van der Waals surface area (Å²) >= 11 is 3.40. The zero-order chi connectivity index (χ0) is 13.9. The number of hydrogen-bond acceptors (Lipinski definition) is 2. The lowest BCUT2D eigenvalue weighted by molar-refractivity contribution is -0.137. The fourth-order valence-corrected chi connectivity index (χ4v) is 2.10. The van der Waals surface area contributed by atoms with E-state index in [1.54, 1.807) is 13.0 Å². The summed E-state index contributed by atoms with van der Waals surface area (Å²) in [6.07, 6.45) is -0.0830. The van der Waals surface area contributed by atoms with Crippen LogP contribution in [-0.2, 0) is 4.79 Å². The van der Waals surface area contributed by atoms with Gasteiger partial charge in [0, 0.05) is 16.1 Å². The van der Waals surface area contributed by atoms with Gasteiger partial charge in [0.25, 0.3) is 5.91 Å². The van der Waals surface area contributed by atoms with Crippen LogP contribution < -0.4 is 5.32 Å². The van der Waals surface area contributed by atoms with Gasteiger partial charge in [0.1, 0.15) is 0 Å². The van der Waals surface area contributed by atoms with Gasteiger partial charge in [-0.05, 0) is 44.0 Å². The number of carbonyl (C=O) groups is 2. The topological polar surface area (TPSA) is 66.4 Å². The van der Waals surface area contributed by atoms with Gasteiger partial charge in [0.05, 0.1) is 6.42 Å². The molecule has 2 N–H and O–H groups in total. The molecule has 1 amide bonds. The average Bonchev–Trinajstić information content (AvgIpc) is 2.21. The number of amides is 1. The van der Waals surface area contributed by atoms with Crippen molar-refractivity contribution in [3.63, 3.8) is 0 Å². The fraction of sp³-hybridized carbons (Fsp3) is 0.385. The summed E-state index contributed by atoms with van der Waals surface area (Å²) in [6, 6.07) is 3.28. The average molecular weight is 314 g/mol. The van der Waals surface area contributed by atoms with Crippen molar-refractivity contribution in [3.05, 3.63) is 33.3 Å². The first-order valence-corrected chi connectivity index (χ1v) is 6.40. The Kier molecular flexibility index (Phi) is 4.90. The Morgan fingerprint density at radius 1 is 1.33 bits per heavy atom. The first kappa shape index (κ1) is 14.7. The highest BCUT2D eigenvalue weighted by Gasteiger charge is 2.15. The van der Waals surface area contributed by atoms with E-state index in [-0.39, 0.29) is 12.3 Å². The molecule has 1 aromatic carbocycles. The summed E-state index contributed by atoms with van der Waals surface area (Å²) in [7, 11) is 0. The third kappa shape index (κ3) is 3.84. The summed E-state index contributed by atoms with van der Waals surface area (Å²) in [5, 5.41) is 11.3. The van der Waals surface area contributed by atoms with E-state index in [1.165, 1.54) is 0 Å². The molecule has 0 saturated heterocycles. The molecule has 0 aliphatic heterocycles. The van der Waals surface area contributed by atoms with Gasteiger partial charge in [-0.1, -0.05) is 15.9 Å². The number of aliphatic carboxylic acids is 1. The van der Waals surface area contributed by atoms with Crippen LogP contribution in [0.2, 0.25) is 0 Å². The minimum atomic E-state index is -0.925. The van der Waals surface area contributed by atoms with E-state index in [0.717, 1.165) is 15.6 Å². The van der Waals surface area contributed by atoms with E-state index >= 15 is 0 Å². The molecule has 4 nitrogen and oxygen atoms in total. The number of halogens is 1. The predicted molar refractivity (Wildman–Crippen MR) is 72.8 cm³/mol. The minimum absolute atomic E-state index is 0.0830. The van der Waals surface area contributed by atoms with E-state index in [1.807, 2.05) is 19.9 Å². The summed E-state index contributed by atoms with van der Waals surface area (Å²) in [5.74, 6) is -1.16. The van der Waals surface area contributed by atoms with Crippen LogP contribution in [0.1, 0.15) is 34.8 Å². The van der Waals surface area contributed by atoms with E-state index in [0.29, 0.717) is 5.56 Å². The second-order valence-corrected chi connectivity index (χ2v) is 5.24. The van der Waals surface area contributed by atoms with E-state index in [2.05, 4.69) is 21.2 Å². The molecule has 0 fully saturated rings. The van der Waals surface area contributed by atoms with Gasteiger partial charge in [0.15, 0.2) is 0 Å². The number of nitrogens with one attached hydrogen (secondary N) is 1. The Morgan fingerprint density at radius 3 is 2.50 bits per heavy atom. The number of rotatable bonds is 4. The van der Waals surface area contributed by atoms with Crippen LogP contribution in [0, 0.1) is 13.8 Å². The molecule has 1 unspecified atom stereocenters. The van der Waals surface area contributed by atoms with Gasteiger partial charge in [0.2, 0.25) is 0 Å². The lowest BCUT2D eigenvalue weighted by atomic mass is 10.0. The molecule has 18 heavy (non-hydrogen) atoms. The van der Waals surface area contributed by atoms with Gasteiger partial charge in [-0.25, -0.2) is 0 Å². The SMILES string of the molecule is Cc1cc(C(=O)NC(C)CC(=O)O)c(C)cc1Br. The molecule has 0 aromatic heterocycles. The monoisotopic (exact) mass is 313 g/mol. The summed E-state index contributed by atoms with van der Waals surface area (Å²) in [6.45, 7) is 5.43. The maximum absolute atomic E-state index is 12.0. The lowest BCUT2D eigenvalue weighted by Gasteiger charge is -2.14. The Balaban J connectivity index is 2.85. The highest BCUT2D eigenvalue weighted by atomic mass is 79.9. The normalized spacial score (nSPS) is 12.0. The summed E-state index contributed by atoms with van der Waals surface area (Å²) < 4.78 is 0.954. The molecule has 5 heteroatoms. The Labute approximate surface area is 115 Å². The first-order valence-electron chi connectivity index (χ1n) is 5.60. The van der Waals surface area contributed by atoms with Crippen molar-refractivity contribution in [2.45, 2.75) is 33.2 Å². The molecule has 0 heterocycles. The van der Waals surface area contributed by atoms with Crippen LogP contribution in [0.15, 0.2) is 16.6 Å². The van der Waals surface area contributed by atoms with Crippen molar-refractivity contribution < 1.29 is 14.7 Å². The van der Waals surface area contributed by atoms with Gasteiger partial charge in [-0.15, -0.1) is 0 Å². The van der Waals surface area contributed by atoms with Crippen molar-refractivity contribution in [2.24, 2.45) is 0 Å². The lowest BCUT2D eigenvalue weighted by Crippen LogP contribution is -2.34. The maximum atomic E-state index is 12.0. The van der Waals surface area contributed by atoms with Crippen LogP contribution in [0.3, 0.4) is 0 Å². The van der Waals surface area contributed by atoms with Crippen molar-refractivity contribution in [3.8, 4) is 0 Å². The highest BCUT2D eigenvalue weighted by Crippen LogP contribution is 2.21. The van der Waals surface area contributed by atoms with E-state index in [9.17, 15) is 9.59 Å². The summed E-state index contributed by atoms with van der Waals surface area (Å²) in [4.78, 5) is 22.5. The minimum Gasteiger partial charge on any atom is -0.481 e. The highest BCUT2D eigenvalue weighted by molar-refractivity contribution is 9.10. The Bertz CT molecular complexity index is 485. The zero-order valence-electron chi connectivity index (χ0n) is 10.6. The Hall–Kier alpha value is -1.36. The van der Waals surface area contributed by atoms with Crippen LogP contribution in [0.4, 0.5) is 0 Å². The van der Waals surface area contributed by atoms with Gasteiger partial charge in [-0.2, -0.15) is 0 Å². The zero-order valence-corrected chi connectivity index (χ0v) is 12.2. The van der Waals surface area contributed by atoms with Crippen LogP contribution in [0.5, 0.6) is 0 Å². The number of carboxylic acid groups (broad SMARTS) is 1. The smallest absolute Gasteiger partial charge is 0.305 e. The third-order valence-corrected chi connectivity index (χ3v) is 3.46. The molecule has 0 aliphatic carbocycles. The molecular weight excluding hydrogens is 298 g/mol. The first-order chi connectivity index (χ1) is 8.31. The number of hydrogen-bond donors (Lipinski definition) is 2. The molecule has 0 radical (unpaired) electrons. The van der Waals surface area contributed by atoms with E-state index < -0.39 is 12.0 Å².